The van der Waals surface area contributed by atoms with Crippen LogP contribution in [0.5, 0.6) is 0 Å². The number of carbonyl (C=O) groups excluding carboxylic acids is 1. The van der Waals surface area contributed by atoms with Crippen LogP contribution in [-0.4, -0.2) is 10.8 Å². The van der Waals surface area contributed by atoms with Crippen LogP contribution in [0, 0.1) is 21.4 Å². The van der Waals surface area contributed by atoms with Crippen molar-refractivity contribution in [3.05, 3.63) is 81.0 Å². The molecule has 2 aromatic carbocycles. The molecule has 0 aliphatic carbocycles. The van der Waals surface area contributed by atoms with Crippen LogP contribution in [0.2, 0.25) is 5.02 Å². The van der Waals surface area contributed by atoms with Crippen molar-refractivity contribution >= 4 is 28.9 Å². The molecule has 0 aromatic heterocycles. The molecule has 0 aliphatic rings. The summed E-state index contributed by atoms with van der Waals surface area (Å²) in [6, 6.07) is 15.1. The highest BCUT2D eigenvalue weighted by Gasteiger charge is 2.13. The van der Waals surface area contributed by atoms with E-state index in [1.807, 2.05) is 30.3 Å². The van der Waals surface area contributed by atoms with Crippen molar-refractivity contribution in [2.75, 3.05) is 5.32 Å². The molecule has 0 unspecified atom stereocenters. The zero-order chi connectivity index (χ0) is 18.2. The van der Waals surface area contributed by atoms with E-state index in [1.54, 1.807) is 6.07 Å². The molecule has 2 aromatic rings. The largest absolute Gasteiger partial charge is 0.360 e. The summed E-state index contributed by atoms with van der Waals surface area (Å²) in [5.41, 5.74) is 0.801. The maximum absolute atomic E-state index is 12.0. The number of amides is 1. The normalized spacial score (nSPS) is 10.6. The third kappa shape index (κ3) is 5.06. The Balaban J connectivity index is 2.05. The van der Waals surface area contributed by atoms with E-state index in [4.69, 9.17) is 16.9 Å². The van der Waals surface area contributed by atoms with E-state index in [-0.39, 0.29) is 22.8 Å². The SMILES string of the molecule is N#C/C(=C/Nc1ccc(Cl)c([N+](=O)[O-])c1)C(=O)NCc1ccccc1. The summed E-state index contributed by atoms with van der Waals surface area (Å²) in [4.78, 5) is 22.3. The molecule has 7 nitrogen and oxygen atoms in total. The molecule has 8 heteroatoms. The number of hydrogen-bond acceptors (Lipinski definition) is 5. The predicted molar refractivity (Wildman–Crippen MR) is 93.7 cm³/mol. The molecule has 0 saturated heterocycles. The van der Waals surface area contributed by atoms with Crippen LogP contribution in [0.1, 0.15) is 5.56 Å². The van der Waals surface area contributed by atoms with Crippen LogP contribution in [0.3, 0.4) is 0 Å². The van der Waals surface area contributed by atoms with Crippen LogP contribution in [0.4, 0.5) is 11.4 Å². The fourth-order valence-electron chi connectivity index (χ4n) is 1.92. The molecule has 0 aliphatic heterocycles. The van der Waals surface area contributed by atoms with Gasteiger partial charge in [0, 0.05) is 24.5 Å². The first kappa shape index (κ1) is 18.0. The van der Waals surface area contributed by atoms with Gasteiger partial charge >= 0.3 is 0 Å². The Labute approximate surface area is 148 Å². The molecule has 1 amide bonds. The van der Waals surface area contributed by atoms with E-state index in [9.17, 15) is 14.9 Å². The first-order valence-corrected chi connectivity index (χ1v) is 7.52. The lowest BCUT2D eigenvalue weighted by Crippen LogP contribution is -2.24. The van der Waals surface area contributed by atoms with E-state index in [0.717, 1.165) is 5.56 Å². The molecule has 126 valence electrons. The molecule has 0 heterocycles. The molecule has 0 fully saturated rings. The van der Waals surface area contributed by atoms with Gasteiger partial charge in [-0.25, -0.2) is 0 Å². The van der Waals surface area contributed by atoms with Crippen molar-refractivity contribution in [1.82, 2.24) is 5.32 Å². The molecule has 0 spiro atoms. The Hall–Kier alpha value is -3.37. The molecular weight excluding hydrogens is 344 g/mol. The van der Waals surface area contributed by atoms with Crippen molar-refractivity contribution in [3.8, 4) is 6.07 Å². The third-order valence-corrected chi connectivity index (χ3v) is 3.51. The van der Waals surface area contributed by atoms with Gasteiger partial charge in [-0.1, -0.05) is 41.9 Å². The van der Waals surface area contributed by atoms with Crippen LogP contribution < -0.4 is 10.6 Å². The minimum absolute atomic E-state index is 0.000593. The second-order valence-electron chi connectivity index (χ2n) is 4.91. The van der Waals surface area contributed by atoms with Crippen LogP contribution >= 0.6 is 11.6 Å². The van der Waals surface area contributed by atoms with Gasteiger partial charge in [0.25, 0.3) is 11.6 Å². The summed E-state index contributed by atoms with van der Waals surface area (Å²) in [5, 5.41) is 25.3. The minimum Gasteiger partial charge on any atom is -0.360 e. The fourth-order valence-corrected chi connectivity index (χ4v) is 2.11. The molecule has 0 saturated carbocycles. The maximum atomic E-state index is 12.0. The van der Waals surface area contributed by atoms with Gasteiger partial charge in [0.2, 0.25) is 0 Å². The Bertz CT molecular complexity index is 860. The van der Waals surface area contributed by atoms with Crippen LogP contribution in [0.25, 0.3) is 0 Å². The average Bonchev–Trinajstić information content (AvgIpc) is 2.62. The topological polar surface area (TPSA) is 108 Å². The van der Waals surface area contributed by atoms with E-state index in [1.165, 1.54) is 24.4 Å². The van der Waals surface area contributed by atoms with Gasteiger partial charge in [-0.15, -0.1) is 0 Å². The number of halogens is 1. The second kappa shape index (κ2) is 8.47. The molecule has 0 radical (unpaired) electrons. The van der Waals surface area contributed by atoms with Crippen molar-refractivity contribution < 1.29 is 9.72 Å². The Morgan fingerprint density at radius 2 is 2.00 bits per heavy atom. The molecule has 2 N–H and O–H groups in total. The molecular formula is C17H13ClN4O3. The first-order valence-electron chi connectivity index (χ1n) is 7.14. The number of nitriles is 1. The van der Waals surface area contributed by atoms with E-state index >= 15 is 0 Å². The van der Waals surface area contributed by atoms with E-state index in [2.05, 4.69) is 10.6 Å². The smallest absolute Gasteiger partial charge is 0.289 e. The molecule has 25 heavy (non-hydrogen) atoms. The van der Waals surface area contributed by atoms with Crippen molar-refractivity contribution in [2.45, 2.75) is 6.54 Å². The number of anilines is 1. The quantitative estimate of drug-likeness (QED) is 0.357. The average molecular weight is 357 g/mol. The maximum Gasteiger partial charge on any atom is 0.289 e. The summed E-state index contributed by atoms with van der Waals surface area (Å²) < 4.78 is 0. The lowest BCUT2D eigenvalue weighted by atomic mass is 10.2. The summed E-state index contributed by atoms with van der Waals surface area (Å²) >= 11 is 5.73. The highest BCUT2D eigenvalue weighted by Crippen LogP contribution is 2.27. The third-order valence-electron chi connectivity index (χ3n) is 3.19. The first-order chi connectivity index (χ1) is 12.0. The van der Waals surface area contributed by atoms with Gasteiger partial charge in [0.1, 0.15) is 16.7 Å². The minimum atomic E-state index is -0.616. The number of nitro groups is 1. The van der Waals surface area contributed by atoms with Gasteiger partial charge in [0.05, 0.1) is 4.92 Å². The van der Waals surface area contributed by atoms with Crippen molar-refractivity contribution in [2.24, 2.45) is 0 Å². The molecule has 0 atom stereocenters. The standard InChI is InChI=1S/C17H13ClN4O3/c18-15-7-6-14(8-16(15)22(24)25)20-11-13(9-19)17(23)21-10-12-4-2-1-3-5-12/h1-8,11,20H,10H2,(H,21,23)/b13-11-. The van der Waals surface area contributed by atoms with Crippen molar-refractivity contribution in [1.29, 1.82) is 5.26 Å². The number of nitrogens with one attached hydrogen (secondary N) is 2. The highest BCUT2D eigenvalue weighted by atomic mass is 35.5. The van der Waals surface area contributed by atoms with Crippen molar-refractivity contribution in [3.63, 3.8) is 0 Å². The van der Waals surface area contributed by atoms with E-state index in [0.29, 0.717) is 5.69 Å². The summed E-state index contributed by atoms with van der Waals surface area (Å²) in [7, 11) is 0. The number of rotatable bonds is 6. The number of carbonyl (C=O) groups is 1. The zero-order valence-corrected chi connectivity index (χ0v) is 13.7. The van der Waals surface area contributed by atoms with Crippen LogP contribution in [-0.2, 0) is 11.3 Å². The number of nitro benzene ring substituents is 1. The summed E-state index contributed by atoms with van der Waals surface area (Å²) in [6.07, 6.45) is 1.19. The molecule has 2 rings (SSSR count). The van der Waals surface area contributed by atoms with Gasteiger partial charge in [-0.2, -0.15) is 5.26 Å². The second-order valence-corrected chi connectivity index (χ2v) is 5.31. The van der Waals surface area contributed by atoms with Crippen LogP contribution in [0.15, 0.2) is 60.3 Å². The lowest BCUT2D eigenvalue weighted by molar-refractivity contribution is -0.384. The predicted octanol–water partition coefficient (Wildman–Crippen LogP) is 3.38. The highest BCUT2D eigenvalue weighted by molar-refractivity contribution is 6.32. The Morgan fingerprint density at radius 1 is 1.28 bits per heavy atom. The Kier molecular flexibility index (Phi) is 6.09. The fraction of sp³-hybridized carbons (Fsp3) is 0.0588. The van der Waals surface area contributed by atoms with E-state index < -0.39 is 10.8 Å². The summed E-state index contributed by atoms with van der Waals surface area (Å²) in [5.74, 6) is -0.553. The van der Waals surface area contributed by atoms with Gasteiger partial charge in [0.15, 0.2) is 0 Å². The van der Waals surface area contributed by atoms with Gasteiger partial charge in [-0.05, 0) is 17.7 Å². The molecule has 0 bridgehead atoms. The lowest BCUT2D eigenvalue weighted by Gasteiger charge is -2.06. The number of benzene rings is 2. The van der Waals surface area contributed by atoms with Gasteiger partial charge < -0.3 is 10.6 Å². The number of hydrogen-bond donors (Lipinski definition) is 2. The monoisotopic (exact) mass is 356 g/mol. The Morgan fingerprint density at radius 3 is 2.64 bits per heavy atom. The number of nitrogens with zero attached hydrogens (tertiary/aromatic N) is 2. The zero-order valence-electron chi connectivity index (χ0n) is 12.9. The van der Waals surface area contributed by atoms with Gasteiger partial charge in [-0.3, -0.25) is 14.9 Å². The summed E-state index contributed by atoms with van der Waals surface area (Å²) in [6.45, 7) is 0.283.